The van der Waals surface area contributed by atoms with Crippen LogP contribution in [0, 0.1) is 6.92 Å². The molecule has 1 heterocycles. The van der Waals surface area contributed by atoms with Crippen molar-refractivity contribution in [2.75, 3.05) is 12.4 Å². The van der Waals surface area contributed by atoms with E-state index in [0.717, 1.165) is 9.35 Å². The number of methoxy groups -OCH3 is 1. The number of hydrogen-bond acceptors (Lipinski definition) is 6. The highest BCUT2D eigenvalue weighted by Gasteiger charge is 2.17. The van der Waals surface area contributed by atoms with Crippen molar-refractivity contribution < 1.29 is 9.53 Å². The van der Waals surface area contributed by atoms with Crippen LogP contribution in [0.15, 0.2) is 22.5 Å². The Labute approximate surface area is 136 Å². The van der Waals surface area contributed by atoms with Gasteiger partial charge in [0.15, 0.2) is 4.34 Å². The second kappa shape index (κ2) is 7.11. The minimum Gasteiger partial charge on any atom is -0.495 e. The van der Waals surface area contributed by atoms with Gasteiger partial charge in [0, 0.05) is 5.69 Å². The summed E-state index contributed by atoms with van der Waals surface area (Å²) in [7, 11) is 1.54. The summed E-state index contributed by atoms with van der Waals surface area (Å²) in [6.07, 6.45) is 0. The van der Waals surface area contributed by atoms with Gasteiger partial charge in [-0.15, -0.1) is 10.2 Å². The predicted octanol–water partition coefficient (Wildman–Crippen LogP) is 3.63. The van der Waals surface area contributed by atoms with Crippen LogP contribution in [0.1, 0.15) is 11.9 Å². The molecule has 0 fully saturated rings. The van der Waals surface area contributed by atoms with Gasteiger partial charge >= 0.3 is 0 Å². The van der Waals surface area contributed by atoms with Gasteiger partial charge in [-0.2, -0.15) is 0 Å². The Morgan fingerprint density at radius 1 is 1.48 bits per heavy atom. The molecule has 2 rings (SSSR count). The maximum Gasteiger partial charge on any atom is 0.237 e. The standard InChI is InChI=1S/C13H14ClN3O2S2/c1-7(20-13-17-16-8(2)21-13)12(18)15-9-4-5-11(19-3)10(14)6-9/h4-7H,1-3H3,(H,15,18)/t7-/m0/s1. The molecule has 1 aromatic heterocycles. The minimum absolute atomic E-state index is 0.117. The largest absolute Gasteiger partial charge is 0.495 e. The Bertz CT molecular complexity index is 648. The number of amides is 1. The molecular weight excluding hydrogens is 330 g/mol. The molecule has 0 aliphatic carbocycles. The third-order valence-electron chi connectivity index (χ3n) is 2.57. The third-order valence-corrected chi connectivity index (χ3v) is 4.89. The van der Waals surface area contributed by atoms with E-state index in [-0.39, 0.29) is 11.2 Å². The lowest BCUT2D eigenvalue weighted by molar-refractivity contribution is -0.115. The Morgan fingerprint density at radius 3 is 2.81 bits per heavy atom. The number of carbonyl (C=O) groups excluding carboxylic acids is 1. The molecule has 1 N–H and O–H groups in total. The quantitative estimate of drug-likeness (QED) is 0.840. The molecule has 0 saturated carbocycles. The number of hydrogen-bond donors (Lipinski definition) is 1. The number of nitrogens with zero attached hydrogens (tertiary/aromatic N) is 2. The van der Waals surface area contributed by atoms with Crippen molar-refractivity contribution in [3.8, 4) is 5.75 Å². The minimum atomic E-state index is -0.279. The SMILES string of the molecule is COc1ccc(NC(=O)[C@H](C)Sc2nnc(C)s2)cc1Cl. The second-order valence-corrected chi connectivity index (χ2v) is 7.36. The van der Waals surface area contributed by atoms with Gasteiger partial charge in [0.1, 0.15) is 10.8 Å². The highest BCUT2D eigenvalue weighted by molar-refractivity contribution is 8.02. The molecule has 0 spiro atoms. The predicted molar refractivity (Wildman–Crippen MR) is 86.6 cm³/mol. The average Bonchev–Trinajstić information content (AvgIpc) is 2.84. The van der Waals surface area contributed by atoms with E-state index in [1.54, 1.807) is 25.3 Å². The number of thioether (sulfide) groups is 1. The topological polar surface area (TPSA) is 64.1 Å². The monoisotopic (exact) mass is 343 g/mol. The lowest BCUT2D eigenvalue weighted by Crippen LogP contribution is -2.22. The van der Waals surface area contributed by atoms with Gasteiger partial charge in [0.05, 0.1) is 17.4 Å². The second-order valence-electron chi connectivity index (χ2n) is 4.19. The van der Waals surface area contributed by atoms with Crippen LogP contribution in [0.3, 0.4) is 0 Å². The molecule has 0 unspecified atom stereocenters. The molecule has 2 aromatic rings. The molecule has 1 aromatic carbocycles. The Kier molecular flexibility index (Phi) is 5.44. The number of nitrogens with one attached hydrogen (secondary N) is 1. The fourth-order valence-corrected chi connectivity index (χ4v) is 3.74. The van der Waals surface area contributed by atoms with Crippen LogP contribution < -0.4 is 10.1 Å². The summed E-state index contributed by atoms with van der Waals surface area (Å²) in [4.78, 5) is 12.1. The molecule has 21 heavy (non-hydrogen) atoms. The van der Waals surface area contributed by atoms with Crippen molar-refractivity contribution >= 4 is 46.3 Å². The number of ether oxygens (including phenoxy) is 1. The lowest BCUT2D eigenvalue weighted by atomic mass is 10.3. The fraction of sp³-hybridized carbons (Fsp3) is 0.308. The van der Waals surface area contributed by atoms with Crippen molar-refractivity contribution in [2.45, 2.75) is 23.4 Å². The summed E-state index contributed by atoms with van der Waals surface area (Å²) in [6.45, 7) is 3.70. The zero-order chi connectivity index (χ0) is 15.4. The smallest absolute Gasteiger partial charge is 0.237 e. The molecule has 0 radical (unpaired) electrons. The van der Waals surface area contributed by atoms with E-state index in [4.69, 9.17) is 16.3 Å². The van der Waals surface area contributed by atoms with E-state index in [1.165, 1.54) is 23.1 Å². The number of rotatable bonds is 5. The third kappa shape index (κ3) is 4.33. The number of aromatic nitrogens is 2. The highest BCUT2D eigenvalue weighted by Crippen LogP contribution is 2.29. The summed E-state index contributed by atoms with van der Waals surface area (Å²) in [5, 5.41) is 11.8. The molecule has 0 aliphatic heterocycles. The Morgan fingerprint density at radius 2 is 2.24 bits per heavy atom. The number of aryl methyl sites for hydroxylation is 1. The first-order valence-electron chi connectivity index (χ1n) is 6.10. The normalized spacial score (nSPS) is 12.0. The summed E-state index contributed by atoms with van der Waals surface area (Å²) in [5.41, 5.74) is 0.631. The molecule has 1 atom stereocenters. The van der Waals surface area contributed by atoms with Crippen molar-refractivity contribution in [3.63, 3.8) is 0 Å². The molecule has 5 nitrogen and oxygen atoms in total. The molecule has 112 valence electrons. The molecule has 0 aliphatic rings. The van der Waals surface area contributed by atoms with E-state index < -0.39 is 0 Å². The van der Waals surface area contributed by atoms with Crippen LogP contribution in [-0.2, 0) is 4.79 Å². The molecule has 0 saturated heterocycles. The first-order chi connectivity index (χ1) is 9.99. The first-order valence-corrected chi connectivity index (χ1v) is 8.18. The molecule has 0 bridgehead atoms. The zero-order valence-electron chi connectivity index (χ0n) is 11.7. The van der Waals surface area contributed by atoms with Crippen LogP contribution in [0.5, 0.6) is 5.75 Å². The zero-order valence-corrected chi connectivity index (χ0v) is 14.1. The average molecular weight is 344 g/mol. The summed E-state index contributed by atoms with van der Waals surface area (Å²) >= 11 is 8.88. The summed E-state index contributed by atoms with van der Waals surface area (Å²) in [6, 6.07) is 5.11. The highest BCUT2D eigenvalue weighted by atomic mass is 35.5. The van der Waals surface area contributed by atoms with Gasteiger partial charge in [0.25, 0.3) is 0 Å². The van der Waals surface area contributed by atoms with Crippen LogP contribution >= 0.6 is 34.7 Å². The van der Waals surface area contributed by atoms with E-state index >= 15 is 0 Å². The maximum absolute atomic E-state index is 12.1. The van der Waals surface area contributed by atoms with Gasteiger partial charge in [-0.05, 0) is 32.0 Å². The molecular formula is C13H14ClN3O2S2. The van der Waals surface area contributed by atoms with E-state index in [1.807, 2.05) is 13.8 Å². The Hall–Kier alpha value is -1.31. The number of halogens is 1. The van der Waals surface area contributed by atoms with Gasteiger partial charge in [-0.25, -0.2) is 0 Å². The van der Waals surface area contributed by atoms with Crippen LogP contribution in [0.2, 0.25) is 5.02 Å². The first kappa shape index (κ1) is 16.1. The Balaban J connectivity index is 1.98. The van der Waals surface area contributed by atoms with Crippen molar-refractivity contribution in [1.82, 2.24) is 10.2 Å². The number of benzene rings is 1. The van der Waals surface area contributed by atoms with Crippen LogP contribution in [-0.4, -0.2) is 28.5 Å². The van der Waals surface area contributed by atoms with Crippen LogP contribution in [0.25, 0.3) is 0 Å². The van der Waals surface area contributed by atoms with Crippen LogP contribution in [0.4, 0.5) is 5.69 Å². The summed E-state index contributed by atoms with van der Waals surface area (Å²) in [5.74, 6) is 0.454. The molecule has 1 amide bonds. The van der Waals surface area contributed by atoms with E-state index in [2.05, 4.69) is 15.5 Å². The van der Waals surface area contributed by atoms with Crippen molar-refractivity contribution in [3.05, 3.63) is 28.2 Å². The van der Waals surface area contributed by atoms with Gasteiger partial charge in [-0.1, -0.05) is 34.7 Å². The van der Waals surface area contributed by atoms with Crippen molar-refractivity contribution in [1.29, 1.82) is 0 Å². The van der Waals surface area contributed by atoms with Gasteiger partial charge in [-0.3, -0.25) is 4.79 Å². The molecule has 8 heteroatoms. The number of anilines is 1. The lowest BCUT2D eigenvalue weighted by Gasteiger charge is -2.11. The van der Waals surface area contributed by atoms with Gasteiger partial charge < -0.3 is 10.1 Å². The number of carbonyl (C=O) groups is 1. The fourth-order valence-electron chi connectivity index (χ4n) is 1.52. The van der Waals surface area contributed by atoms with E-state index in [9.17, 15) is 4.79 Å². The van der Waals surface area contributed by atoms with E-state index in [0.29, 0.717) is 16.5 Å². The van der Waals surface area contributed by atoms with Crippen molar-refractivity contribution in [2.24, 2.45) is 0 Å². The summed E-state index contributed by atoms with van der Waals surface area (Å²) < 4.78 is 5.85. The maximum atomic E-state index is 12.1. The van der Waals surface area contributed by atoms with Gasteiger partial charge in [0.2, 0.25) is 5.91 Å².